The first-order valence-electron chi connectivity index (χ1n) is 5.56. The number of hydrogen-bond donors (Lipinski definition) is 2. The minimum atomic E-state index is -3.69. The van der Waals surface area contributed by atoms with Gasteiger partial charge in [0.2, 0.25) is 0 Å². The van der Waals surface area contributed by atoms with Crippen molar-refractivity contribution in [3.63, 3.8) is 0 Å². The first kappa shape index (κ1) is 15.7. The number of aliphatic hydroxyl groups excluding tert-OH is 1. The van der Waals surface area contributed by atoms with Crippen molar-refractivity contribution in [1.82, 2.24) is 4.72 Å². The molecule has 9 heteroatoms. The van der Waals surface area contributed by atoms with Crippen LogP contribution in [0.2, 0.25) is 5.02 Å². The number of aliphatic hydroxyl groups is 1. The van der Waals surface area contributed by atoms with Gasteiger partial charge in [0.1, 0.15) is 4.21 Å². The molecule has 0 atom stereocenters. The van der Waals surface area contributed by atoms with Gasteiger partial charge in [-0.15, -0.1) is 11.3 Å². The van der Waals surface area contributed by atoms with Gasteiger partial charge in [-0.25, -0.2) is 13.1 Å². The fraction of sp³-hybridized carbons (Fsp3) is 0.600. The number of rotatable bonds is 4. The van der Waals surface area contributed by atoms with E-state index in [2.05, 4.69) is 20.7 Å². The first-order chi connectivity index (χ1) is 8.88. The minimum absolute atomic E-state index is 0.128. The SMILES string of the molecule is O=S(=O)(NC1(CO)CCOCC1)c1cc(Cl)c(Br)s1. The lowest BCUT2D eigenvalue weighted by Crippen LogP contribution is -2.54. The van der Waals surface area contributed by atoms with Crippen LogP contribution in [0.1, 0.15) is 12.8 Å². The van der Waals surface area contributed by atoms with Gasteiger partial charge in [-0.1, -0.05) is 11.6 Å². The molecule has 1 aromatic rings. The van der Waals surface area contributed by atoms with Crippen molar-refractivity contribution in [2.45, 2.75) is 22.6 Å². The molecule has 2 heterocycles. The second kappa shape index (κ2) is 5.97. The molecule has 0 unspecified atom stereocenters. The highest BCUT2D eigenvalue weighted by Crippen LogP contribution is 2.35. The summed E-state index contributed by atoms with van der Waals surface area (Å²) in [6.45, 7) is 0.603. The number of halogens is 2. The van der Waals surface area contributed by atoms with Crippen LogP contribution < -0.4 is 4.72 Å². The molecule has 0 aliphatic carbocycles. The van der Waals surface area contributed by atoms with Crippen molar-refractivity contribution in [3.8, 4) is 0 Å². The Kier molecular flexibility index (Phi) is 4.92. The monoisotopic (exact) mass is 389 g/mol. The molecule has 1 fully saturated rings. The Bertz CT molecular complexity index is 534. The van der Waals surface area contributed by atoms with E-state index in [0.717, 1.165) is 11.3 Å². The van der Waals surface area contributed by atoms with Crippen molar-refractivity contribution in [1.29, 1.82) is 0 Å². The Hall–Kier alpha value is 0.300. The third-order valence-electron chi connectivity index (χ3n) is 2.99. The third kappa shape index (κ3) is 3.49. The van der Waals surface area contributed by atoms with E-state index in [9.17, 15) is 13.5 Å². The predicted molar refractivity (Wildman–Crippen MR) is 77.2 cm³/mol. The van der Waals surface area contributed by atoms with Gasteiger partial charge < -0.3 is 9.84 Å². The first-order valence-corrected chi connectivity index (χ1v) is 9.03. The predicted octanol–water partition coefficient (Wildman–Crippen LogP) is 1.98. The van der Waals surface area contributed by atoms with Crippen LogP contribution >= 0.6 is 38.9 Å². The normalized spacial score (nSPS) is 19.5. The summed E-state index contributed by atoms with van der Waals surface area (Å²) in [4.78, 5) is 0. The van der Waals surface area contributed by atoms with Gasteiger partial charge in [0.25, 0.3) is 10.0 Å². The third-order valence-corrected chi connectivity index (χ3v) is 7.52. The van der Waals surface area contributed by atoms with E-state index in [4.69, 9.17) is 16.3 Å². The Labute approximate surface area is 129 Å². The van der Waals surface area contributed by atoms with Crippen molar-refractivity contribution in [2.24, 2.45) is 0 Å². The molecule has 2 N–H and O–H groups in total. The quantitative estimate of drug-likeness (QED) is 0.824. The fourth-order valence-corrected chi connectivity index (χ4v) is 5.70. The van der Waals surface area contributed by atoms with Crippen LogP contribution in [0, 0.1) is 0 Å². The average Bonchev–Trinajstić information content (AvgIpc) is 2.71. The zero-order valence-corrected chi connectivity index (χ0v) is 13.8. The second-order valence-corrected chi connectivity index (χ2v) is 9.03. The second-order valence-electron chi connectivity index (χ2n) is 4.34. The maximum atomic E-state index is 12.3. The maximum absolute atomic E-state index is 12.3. The molecule has 0 amide bonds. The molecule has 2 rings (SSSR count). The molecule has 0 aromatic carbocycles. The molecule has 1 saturated heterocycles. The molecular weight excluding hydrogens is 378 g/mol. The zero-order chi connectivity index (χ0) is 14.1. The number of hydrogen-bond acceptors (Lipinski definition) is 5. The molecule has 108 valence electrons. The largest absolute Gasteiger partial charge is 0.394 e. The molecule has 19 heavy (non-hydrogen) atoms. The summed E-state index contributed by atoms with van der Waals surface area (Å²) in [6.07, 6.45) is 0.895. The summed E-state index contributed by atoms with van der Waals surface area (Å²) >= 11 is 10.1. The van der Waals surface area contributed by atoms with E-state index < -0.39 is 15.6 Å². The van der Waals surface area contributed by atoms with Gasteiger partial charge in [0.15, 0.2) is 0 Å². The smallest absolute Gasteiger partial charge is 0.250 e. The summed E-state index contributed by atoms with van der Waals surface area (Å²) in [5.74, 6) is 0. The lowest BCUT2D eigenvalue weighted by Gasteiger charge is -2.35. The summed E-state index contributed by atoms with van der Waals surface area (Å²) in [7, 11) is -3.69. The number of sulfonamides is 1. The zero-order valence-electron chi connectivity index (χ0n) is 9.86. The molecule has 0 bridgehead atoms. The Balaban J connectivity index is 2.24. The Morgan fingerprint density at radius 3 is 2.63 bits per heavy atom. The highest BCUT2D eigenvalue weighted by atomic mass is 79.9. The van der Waals surface area contributed by atoms with Crippen LogP contribution in [-0.2, 0) is 14.8 Å². The molecule has 5 nitrogen and oxygen atoms in total. The molecule has 1 aliphatic heterocycles. The van der Waals surface area contributed by atoms with Gasteiger partial charge in [0, 0.05) is 13.2 Å². The Morgan fingerprint density at radius 2 is 2.16 bits per heavy atom. The number of ether oxygens (including phenoxy) is 1. The average molecular weight is 391 g/mol. The van der Waals surface area contributed by atoms with Gasteiger partial charge >= 0.3 is 0 Å². The fourth-order valence-electron chi connectivity index (χ4n) is 1.85. The van der Waals surface area contributed by atoms with Crippen LogP contribution in [0.25, 0.3) is 0 Å². The molecule has 0 spiro atoms. The van der Waals surface area contributed by atoms with E-state index in [-0.39, 0.29) is 10.8 Å². The summed E-state index contributed by atoms with van der Waals surface area (Å²) in [5, 5.41) is 9.85. The summed E-state index contributed by atoms with van der Waals surface area (Å²) in [5.41, 5.74) is -0.847. The van der Waals surface area contributed by atoms with Gasteiger partial charge in [-0.3, -0.25) is 0 Å². The van der Waals surface area contributed by atoms with Crippen molar-refractivity contribution in [2.75, 3.05) is 19.8 Å². The standard InChI is InChI=1S/C10H13BrClNO4S2/c11-9-7(12)5-8(18-9)19(15,16)13-10(6-14)1-3-17-4-2-10/h5,13-14H,1-4,6H2. The molecule has 1 aliphatic rings. The van der Waals surface area contributed by atoms with Crippen LogP contribution in [0.3, 0.4) is 0 Å². The highest BCUT2D eigenvalue weighted by molar-refractivity contribution is 9.11. The maximum Gasteiger partial charge on any atom is 0.250 e. The summed E-state index contributed by atoms with van der Waals surface area (Å²) < 4.78 is 33.1. The van der Waals surface area contributed by atoms with E-state index in [1.165, 1.54) is 6.07 Å². The molecule has 0 radical (unpaired) electrons. The van der Waals surface area contributed by atoms with E-state index >= 15 is 0 Å². The number of thiophene rings is 1. The van der Waals surface area contributed by atoms with Crippen LogP contribution in [0.15, 0.2) is 14.1 Å². The van der Waals surface area contributed by atoms with Crippen molar-refractivity contribution >= 4 is 48.9 Å². The molecule has 1 aromatic heterocycles. The molecular formula is C10H13BrClNO4S2. The topological polar surface area (TPSA) is 75.6 Å². The number of nitrogens with one attached hydrogen (secondary N) is 1. The van der Waals surface area contributed by atoms with Crippen LogP contribution in [-0.4, -0.2) is 38.9 Å². The van der Waals surface area contributed by atoms with E-state index in [1.807, 2.05) is 0 Å². The van der Waals surface area contributed by atoms with Gasteiger partial charge in [-0.05, 0) is 34.8 Å². The minimum Gasteiger partial charge on any atom is -0.394 e. The van der Waals surface area contributed by atoms with Crippen LogP contribution in [0.4, 0.5) is 0 Å². The molecule has 0 saturated carbocycles. The lowest BCUT2D eigenvalue weighted by molar-refractivity contribution is 0.0223. The lowest BCUT2D eigenvalue weighted by atomic mass is 9.93. The van der Waals surface area contributed by atoms with Crippen LogP contribution in [0.5, 0.6) is 0 Å². The van der Waals surface area contributed by atoms with Crippen molar-refractivity contribution < 1.29 is 18.3 Å². The summed E-state index contributed by atoms with van der Waals surface area (Å²) in [6, 6.07) is 1.39. The van der Waals surface area contributed by atoms with Gasteiger partial charge in [-0.2, -0.15) is 0 Å². The Morgan fingerprint density at radius 1 is 1.53 bits per heavy atom. The van der Waals surface area contributed by atoms with E-state index in [0.29, 0.717) is 34.9 Å². The van der Waals surface area contributed by atoms with Gasteiger partial charge in [0.05, 0.1) is 21.0 Å². The van der Waals surface area contributed by atoms with Crippen molar-refractivity contribution in [3.05, 3.63) is 14.9 Å². The highest BCUT2D eigenvalue weighted by Gasteiger charge is 2.37. The van der Waals surface area contributed by atoms with E-state index in [1.54, 1.807) is 0 Å².